The summed E-state index contributed by atoms with van der Waals surface area (Å²) in [6.07, 6.45) is 1.15. The molecule has 2 N–H and O–H groups in total. The minimum Gasteiger partial charge on any atom is -0.356 e. The molecular weight excluding hydrogens is 328 g/mol. The Bertz CT molecular complexity index is 681. The van der Waals surface area contributed by atoms with Gasteiger partial charge in [-0.25, -0.2) is 0 Å². The zero-order valence-corrected chi connectivity index (χ0v) is 16.0. The Labute approximate surface area is 155 Å². The first-order valence-corrected chi connectivity index (χ1v) is 9.96. The summed E-state index contributed by atoms with van der Waals surface area (Å²) < 4.78 is 0. The molecule has 0 spiro atoms. The summed E-state index contributed by atoms with van der Waals surface area (Å²) in [5, 5.41) is 11.2. The van der Waals surface area contributed by atoms with Gasteiger partial charge < -0.3 is 10.6 Å². The standard InChI is InChI=1S/C20H28N4S/c1-16(19-8-12-25-15-19)13-23-20(21-2)22-9-11-24-10-7-17-5-3-4-6-18(17)14-24/h3-6,8,12,15-16H,7,9-11,13-14H2,1-2H3,(H2,21,22,23). The van der Waals surface area contributed by atoms with Crippen LogP contribution in [-0.4, -0.2) is 44.1 Å². The Morgan fingerprint density at radius 1 is 1.24 bits per heavy atom. The van der Waals surface area contributed by atoms with Crippen molar-refractivity contribution in [3.8, 4) is 0 Å². The monoisotopic (exact) mass is 356 g/mol. The lowest BCUT2D eigenvalue weighted by atomic mass is 10.00. The smallest absolute Gasteiger partial charge is 0.191 e. The quantitative estimate of drug-likeness (QED) is 0.617. The van der Waals surface area contributed by atoms with Crippen molar-refractivity contribution in [2.75, 3.05) is 33.2 Å². The summed E-state index contributed by atoms with van der Waals surface area (Å²) in [4.78, 5) is 6.85. The first kappa shape index (κ1) is 18.0. The van der Waals surface area contributed by atoms with E-state index in [1.165, 1.54) is 16.7 Å². The van der Waals surface area contributed by atoms with E-state index in [9.17, 15) is 0 Å². The average Bonchev–Trinajstić information content (AvgIpc) is 3.19. The summed E-state index contributed by atoms with van der Waals surface area (Å²) in [5.74, 6) is 1.38. The molecule has 134 valence electrons. The summed E-state index contributed by atoms with van der Waals surface area (Å²) >= 11 is 1.75. The third kappa shape index (κ3) is 5.06. The van der Waals surface area contributed by atoms with Gasteiger partial charge in [0.05, 0.1) is 0 Å². The number of rotatable bonds is 6. The molecule has 1 aromatic heterocycles. The van der Waals surface area contributed by atoms with E-state index in [0.717, 1.165) is 45.1 Å². The van der Waals surface area contributed by atoms with E-state index in [0.29, 0.717) is 5.92 Å². The van der Waals surface area contributed by atoms with Gasteiger partial charge in [-0.1, -0.05) is 31.2 Å². The van der Waals surface area contributed by atoms with Crippen molar-refractivity contribution < 1.29 is 0 Å². The van der Waals surface area contributed by atoms with Gasteiger partial charge in [-0.05, 0) is 45.9 Å². The zero-order valence-electron chi connectivity index (χ0n) is 15.2. The molecule has 0 aliphatic carbocycles. The number of fused-ring (bicyclic) bond motifs is 1. The zero-order chi connectivity index (χ0) is 17.5. The van der Waals surface area contributed by atoms with Crippen LogP contribution in [0.25, 0.3) is 0 Å². The molecule has 0 bridgehead atoms. The lowest BCUT2D eigenvalue weighted by molar-refractivity contribution is 0.258. The van der Waals surface area contributed by atoms with Crippen LogP contribution in [0.4, 0.5) is 0 Å². The van der Waals surface area contributed by atoms with Crippen LogP contribution in [0.3, 0.4) is 0 Å². The SMILES string of the molecule is CN=C(NCCN1CCc2ccccc2C1)NCC(C)c1ccsc1. The maximum Gasteiger partial charge on any atom is 0.191 e. The molecule has 5 heteroatoms. The lowest BCUT2D eigenvalue weighted by Crippen LogP contribution is -2.43. The molecule has 1 aliphatic heterocycles. The van der Waals surface area contributed by atoms with Gasteiger partial charge in [-0.3, -0.25) is 9.89 Å². The number of nitrogens with one attached hydrogen (secondary N) is 2. The second-order valence-electron chi connectivity index (χ2n) is 6.63. The van der Waals surface area contributed by atoms with Crippen molar-refractivity contribution in [1.82, 2.24) is 15.5 Å². The fourth-order valence-electron chi connectivity index (χ4n) is 3.22. The van der Waals surface area contributed by atoms with E-state index >= 15 is 0 Å². The molecule has 2 heterocycles. The molecule has 25 heavy (non-hydrogen) atoms. The maximum absolute atomic E-state index is 4.34. The van der Waals surface area contributed by atoms with Crippen molar-refractivity contribution in [2.45, 2.75) is 25.8 Å². The Hall–Kier alpha value is -1.85. The van der Waals surface area contributed by atoms with Gasteiger partial charge in [0.1, 0.15) is 0 Å². The van der Waals surface area contributed by atoms with Crippen molar-refractivity contribution in [3.05, 3.63) is 57.8 Å². The molecule has 1 aromatic carbocycles. The average molecular weight is 357 g/mol. The maximum atomic E-state index is 4.34. The number of nitrogens with zero attached hydrogens (tertiary/aromatic N) is 2. The van der Waals surface area contributed by atoms with Gasteiger partial charge in [-0.15, -0.1) is 0 Å². The third-order valence-corrected chi connectivity index (χ3v) is 5.54. The van der Waals surface area contributed by atoms with Crippen LogP contribution in [0.1, 0.15) is 29.5 Å². The van der Waals surface area contributed by atoms with Gasteiger partial charge in [0.25, 0.3) is 0 Å². The lowest BCUT2D eigenvalue weighted by Gasteiger charge is -2.29. The molecule has 0 saturated heterocycles. The van der Waals surface area contributed by atoms with Gasteiger partial charge in [0.2, 0.25) is 0 Å². The Morgan fingerprint density at radius 2 is 2.08 bits per heavy atom. The minimum atomic E-state index is 0.489. The number of benzene rings is 1. The van der Waals surface area contributed by atoms with Crippen molar-refractivity contribution in [1.29, 1.82) is 0 Å². The molecule has 3 rings (SSSR count). The minimum absolute atomic E-state index is 0.489. The van der Waals surface area contributed by atoms with Gasteiger partial charge in [-0.2, -0.15) is 11.3 Å². The van der Waals surface area contributed by atoms with E-state index in [1.807, 2.05) is 7.05 Å². The molecule has 1 atom stereocenters. The van der Waals surface area contributed by atoms with Crippen LogP contribution in [-0.2, 0) is 13.0 Å². The van der Waals surface area contributed by atoms with E-state index in [1.54, 1.807) is 11.3 Å². The Morgan fingerprint density at radius 3 is 2.84 bits per heavy atom. The normalized spacial score (nSPS) is 16.3. The fourth-order valence-corrected chi connectivity index (χ4v) is 4.00. The first-order valence-electron chi connectivity index (χ1n) is 9.02. The first-order chi connectivity index (χ1) is 12.3. The predicted octanol–water partition coefficient (Wildman–Crippen LogP) is 3.07. The number of aliphatic imine (C=N–C) groups is 1. The third-order valence-electron chi connectivity index (χ3n) is 4.84. The predicted molar refractivity (Wildman–Crippen MR) is 108 cm³/mol. The molecule has 0 radical (unpaired) electrons. The largest absolute Gasteiger partial charge is 0.356 e. The van der Waals surface area contributed by atoms with Crippen molar-refractivity contribution in [3.63, 3.8) is 0 Å². The molecular formula is C20H28N4S. The molecule has 0 fully saturated rings. The summed E-state index contributed by atoms with van der Waals surface area (Å²) in [6, 6.07) is 11.0. The summed E-state index contributed by atoms with van der Waals surface area (Å²) in [5.41, 5.74) is 4.37. The van der Waals surface area contributed by atoms with E-state index in [2.05, 4.69) is 68.5 Å². The van der Waals surface area contributed by atoms with Gasteiger partial charge >= 0.3 is 0 Å². The fraction of sp³-hybridized carbons (Fsp3) is 0.450. The molecule has 0 saturated carbocycles. The molecule has 1 unspecified atom stereocenters. The van der Waals surface area contributed by atoms with Crippen molar-refractivity contribution >= 4 is 17.3 Å². The van der Waals surface area contributed by atoms with Crippen LogP contribution in [0.15, 0.2) is 46.1 Å². The molecule has 2 aromatic rings. The van der Waals surface area contributed by atoms with Crippen LogP contribution in [0, 0.1) is 0 Å². The number of thiophene rings is 1. The van der Waals surface area contributed by atoms with E-state index in [4.69, 9.17) is 0 Å². The highest BCUT2D eigenvalue weighted by molar-refractivity contribution is 7.07. The second kappa shape index (κ2) is 9.02. The second-order valence-corrected chi connectivity index (χ2v) is 7.41. The number of guanidine groups is 1. The van der Waals surface area contributed by atoms with E-state index in [-0.39, 0.29) is 0 Å². The van der Waals surface area contributed by atoms with Gasteiger partial charge in [0, 0.05) is 39.8 Å². The highest BCUT2D eigenvalue weighted by Gasteiger charge is 2.15. The van der Waals surface area contributed by atoms with Crippen LogP contribution in [0.5, 0.6) is 0 Å². The van der Waals surface area contributed by atoms with Crippen molar-refractivity contribution in [2.24, 2.45) is 4.99 Å². The highest BCUT2D eigenvalue weighted by atomic mass is 32.1. The van der Waals surface area contributed by atoms with Crippen LogP contribution in [0.2, 0.25) is 0 Å². The summed E-state index contributed by atoms with van der Waals surface area (Å²) in [7, 11) is 1.84. The molecule has 1 aliphatic rings. The topological polar surface area (TPSA) is 39.7 Å². The van der Waals surface area contributed by atoms with Crippen LogP contribution >= 0.6 is 11.3 Å². The Kier molecular flexibility index (Phi) is 6.48. The molecule has 0 amide bonds. The molecule has 4 nitrogen and oxygen atoms in total. The highest BCUT2D eigenvalue weighted by Crippen LogP contribution is 2.18. The van der Waals surface area contributed by atoms with Gasteiger partial charge in [0.15, 0.2) is 5.96 Å². The van der Waals surface area contributed by atoms with Crippen LogP contribution < -0.4 is 10.6 Å². The van der Waals surface area contributed by atoms with E-state index < -0.39 is 0 Å². The Balaban J connectivity index is 1.39. The summed E-state index contributed by atoms with van der Waals surface area (Å²) in [6.45, 7) is 7.28. The number of hydrogen-bond donors (Lipinski definition) is 2. The number of hydrogen-bond acceptors (Lipinski definition) is 3.